The van der Waals surface area contributed by atoms with E-state index in [9.17, 15) is 4.79 Å². The number of hydrogen-bond acceptors (Lipinski definition) is 5. The Morgan fingerprint density at radius 2 is 2.05 bits per heavy atom. The fourth-order valence-electron chi connectivity index (χ4n) is 2.01. The second-order valence-electron chi connectivity index (χ2n) is 4.95. The number of carbonyl (C=O) groups excluding carboxylic acids is 1. The van der Waals surface area contributed by atoms with Crippen molar-refractivity contribution in [2.24, 2.45) is 0 Å². The lowest BCUT2D eigenvalue weighted by Crippen LogP contribution is -2.14. The molecule has 2 aromatic heterocycles. The summed E-state index contributed by atoms with van der Waals surface area (Å²) in [4.78, 5) is 20.5. The van der Waals surface area contributed by atoms with Crippen molar-refractivity contribution < 1.29 is 9.21 Å². The number of aryl methyl sites for hydroxylation is 2. The Labute approximate surface area is 132 Å². The first-order valence-electron chi connectivity index (χ1n) is 6.84. The maximum Gasteiger partial charge on any atom is 0.232 e. The monoisotopic (exact) mass is 313 g/mol. The molecule has 0 unspecified atom stereocenters. The summed E-state index contributed by atoms with van der Waals surface area (Å²) in [6, 6.07) is 7.92. The number of aromatic nitrogens is 2. The molecule has 0 aliphatic rings. The van der Waals surface area contributed by atoms with Crippen LogP contribution in [0.15, 0.2) is 40.3 Å². The van der Waals surface area contributed by atoms with Gasteiger partial charge >= 0.3 is 0 Å². The fourth-order valence-corrected chi connectivity index (χ4v) is 2.56. The van der Waals surface area contributed by atoms with Gasteiger partial charge in [0.2, 0.25) is 11.8 Å². The molecular formula is C16H15N3O2S. The number of carbonyl (C=O) groups is 1. The average molecular weight is 313 g/mol. The van der Waals surface area contributed by atoms with Crippen LogP contribution in [0.25, 0.3) is 11.5 Å². The summed E-state index contributed by atoms with van der Waals surface area (Å²) in [6.07, 6.45) is 1.82. The molecule has 22 heavy (non-hydrogen) atoms. The molecule has 0 fully saturated rings. The first-order valence-corrected chi connectivity index (χ1v) is 7.72. The molecule has 6 heteroatoms. The summed E-state index contributed by atoms with van der Waals surface area (Å²) in [5.74, 6) is 1.04. The molecule has 0 saturated heterocycles. The predicted octanol–water partition coefficient (Wildman–Crippen LogP) is 3.60. The molecule has 0 radical (unpaired) electrons. The normalized spacial score (nSPS) is 10.6. The van der Waals surface area contributed by atoms with Gasteiger partial charge in [0.05, 0.1) is 12.1 Å². The van der Waals surface area contributed by atoms with Gasteiger partial charge in [-0.3, -0.25) is 4.79 Å². The summed E-state index contributed by atoms with van der Waals surface area (Å²) < 4.78 is 5.67. The zero-order valence-corrected chi connectivity index (χ0v) is 13.1. The van der Waals surface area contributed by atoms with Crippen LogP contribution in [0.1, 0.15) is 17.0 Å². The van der Waals surface area contributed by atoms with Crippen molar-refractivity contribution in [3.8, 4) is 11.5 Å². The number of amides is 1. The predicted molar refractivity (Wildman–Crippen MR) is 85.9 cm³/mol. The minimum atomic E-state index is -0.151. The van der Waals surface area contributed by atoms with Crippen LogP contribution in [0.2, 0.25) is 0 Å². The highest BCUT2D eigenvalue weighted by atomic mass is 32.1. The van der Waals surface area contributed by atoms with Crippen LogP contribution in [0.3, 0.4) is 0 Å². The van der Waals surface area contributed by atoms with E-state index >= 15 is 0 Å². The average Bonchev–Trinajstić information content (AvgIpc) is 3.10. The molecule has 1 aromatic carbocycles. The van der Waals surface area contributed by atoms with Gasteiger partial charge in [-0.1, -0.05) is 17.7 Å². The molecular weight excluding hydrogens is 298 g/mol. The Kier molecular flexibility index (Phi) is 4.02. The lowest BCUT2D eigenvalue weighted by Gasteiger charge is -1.99. The van der Waals surface area contributed by atoms with E-state index < -0.39 is 0 Å². The summed E-state index contributed by atoms with van der Waals surface area (Å²) in [6.45, 7) is 3.84. The quantitative estimate of drug-likeness (QED) is 0.799. The van der Waals surface area contributed by atoms with Crippen LogP contribution in [0.4, 0.5) is 5.13 Å². The van der Waals surface area contributed by atoms with E-state index in [1.54, 1.807) is 6.20 Å². The van der Waals surface area contributed by atoms with Crippen molar-refractivity contribution in [3.05, 3.63) is 52.9 Å². The Bertz CT molecular complexity index is 776. The Balaban J connectivity index is 1.74. The maximum absolute atomic E-state index is 12.0. The van der Waals surface area contributed by atoms with Crippen LogP contribution in [0.5, 0.6) is 0 Å². The molecule has 0 atom stereocenters. The summed E-state index contributed by atoms with van der Waals surface area (Å²) in [5, 5.41) is 5.14. The largest absolute Gasteiger partial charge is 0.441 e. The van der Waals surface area contributed by atoms with Gasteiger partial charge in [0.25, 0.3) is 0 Å². The first kappa shape index (κ1) is 14.5. The Morgan fingerprint density at radius 1 is 1.27 bits per heavy atom. The molecule has 0 spiro atoms. The van der Waals surface area contributed by atoms with Gasteiger partial charge in [0.15, 0.2) is 5.13 Å². The van der Waals surface area contributed by atoms with Crippen molar-refractivity contribution >= 4 is 22.4 Å². The van der Waals surface area contributed by atoms with Crippen LogP contribution in [0, 0.1) is 13.8 Å². The fraction of sp³-hybridized carbons (Fsp3) is 0.188. The number of rotatable bonds is 4. The van der Waals surface area contributed by atoms with Crippen molar-refractivity contribution in [1.29, 1.82) is 0 Å². The van der Waals surface area contributed by atoms with E-state index in [1.807, 2.05) is 43.5 Å². The van der Waals surface area contributed by atoms with Crippen molar-refractivity contribution in [2.75, 3.05) is 5.32 Å². The number of benzene rings is 1. The first-order chi connectivity index (χ1) is 10.6. The number of anilines is 1. The van der Waals surface area contributed by atoms with Crippen molar-refractivity contribution in [2.45, 2.75) is 20.3 Å². The van der Waals surface area contributed by atoms with E-state index in [2.05, 4.69) is 15.3 Å². The molecule has 3 rings (SSSR count). The number of oxazole rings is 1. The van der Waals surface area contributed by atoms with Crippen LogP contribution in [-0.4, -0.2) is 15.9 Å². The maximum atomic E-state index is 12.0. The molecule has 0 bridgehead atoms. The second-order valence-corrected chi connectivity index (χ2v) is 5.84. The number of hydrogen-bond donors (Lipinski definition) is 1. The minimum absolute atomic E-state index is 0.151. The zero-order chi connectivity index (χ0) is 15.5. The van der Waals surface area contributed by atoms with Gasteiger partial charge in [0.1, 0.15) is 5.76 Å². The standard InChI is InChI=1S/C16H15N3O2S/c1-10-3-5-12(6-4-10)15-18-13(11(2)21-15)9-14(20)19-16-17-7-8-22-16/h3-8H,9H2,1-2H3,(H,17,19,20). The summed E-state index contributed by atoms with van der Waals surface area (Å²) in [7, 11) is 0. The minimum Gasteiger partial charge on any atom is -0.441 e. The van der Waals surface area contributed by atoms with Gasteiger partial charge in [-0.15, -0.1) is 11.3 Å². The molecule has 3 aromatic rings. The van der Waals surface area contributed by atoms with Crippen LogP contribution >= 0.6 is 11.3 Å². The molecule has 112 valence electrons. The smallest absolute Gasteiger partial charge is 0.232 e. The van der Waals surface area contributed by atoms with E-state index in [-0.39, 0.29) is 12.3 Å². The van der Waals surface area contributed by atoms with Gasteiger partial charge < -0.3 is 9.73 Å². The van der Waals surface area contributed by atoms with Crippen LogP contribution in [-0.2, 0) is 11.2 Å². The lowest BCUT2D eigenvalue weighted by molar-refractivity contribution is -0.115. The van der Waals surface area contributed by atoms with E-state index in [0.717, 1.165) is 5.56 Å². The van der Waals surface area contributed by atoms with Gasteiger partial charge in [-0.2, -0.15) is 0 Å². The highest BCUT2D eigenvalue weighted by Crippen LogP contribution is 2.22. The van der Waals surface area contributed by atoms with E-state index in [0.29, 0.717) is 22.5 Å². The van der Waals surface area contributed by atoms with Crippen molar-refractivity contribution in [3.63, 3.8) is 0 Å². The summed E-state index contributed by atoms with van der Waals surface area (Å²) >= 11 is 1.38. The van der Waals surface area contributed by atoms with Gasteiger partial charge in [-0.25, -0.2) is 9.97 Å². The number of nitrogens with zero attached hydrogens (tertiary/aromatic N) is 2. The van der Waals surface area contributed by atoms with Gasteiger partial charge in [-0.05, 0) is 26.0 Å². The SMILES string of the molecule is Cc1ccc(-c2nc(CC(=O)Nc3nccs3)c(C)o2)cc1. The van der Waals surface area contributed by atoms with Gasteiger partial charge in [0, 0.05) is 17.1 Å². The second kappa shape index (κ2) is 6.11. The Morgan fingerprint density at radius 3 is 2.73 bits per heavy atom. The molecule has 0 saturated carbocycles. The van der Waals surface area contributed by atoms with E-state index in [4.69, 9.17) is 4.42 Å². The molecule has 1 N–H and O–H groups in total. The Hall–Kier alpha value is -2.47. The molecule has 0 aliphatic heterocycles. The van der Waals surface area contributed by atoms with Crippen LogP contribution < -0.4 is 5.32 Å². The number of thiazole rings is 1. The molecule has 1 amide bonds. The van der Waals surface area contributed by atoms with E-state index in [1.165, 1.54) is 16.9 Å². The molecule has 2 heterocycles. The highest BCUT2D eigenvalue weighted by molar-refractivity contribution is 7.13. The molecule has 0 aliphatic carbocycles. The third kappa shape index (κ3) is 3.23. The summed E-state index contributed by atoms with van der Waals surface area (Å²) in [5.41, 5.74) is 2.72. The van der Waals surface area contributed by atoms with Crippen molar-refractivity contribution in [1.82, 2.24) is 9.97 Å². The highest BCUT2D eigenvalue weighted by Gasteiger charge is 2.15. The lowest BCUT2D eigenvalue weighted by atomic mass is 10.1. The zero-order valence-electron chi connectivity index (χ0n) is 12.3. The molecule has 5 nitrogen and oxygen atoms in total. The number of nitrogens with one attached hydrogen (secondary N) is 1. The third-order valence-corrected chi connectivity index (χ3v) is 3.89. The third-order valence-electron chi connectivity index (χ3n) is 3.20. The topological polar surface area (TPSA) is 68.0 Å².